The number of nitrogens with one attached hydrogen (secondary N) is 1. The predicted molar refractivity (Wildman–Crippen MR) is 111 cm³/mol. The van der Waals surface area contributed by atoms with Crippen molar-refractivity contribution in [1.82, 2.24) is 5.43 Å². The van der Waals surface area contributed by atoms with E-state index in [2.05, 4.69) is 10.5 Å². The number of esters is 1. The second kappa shape index (κ2) is 9.32. The molecule has 0 aliphatic rings. The van der Waals surface area contributed by atoms with Gasteiger partial charge in [-0.2, -0.15) is 5.10 Å². The van der Waals surface area contributed by atoms with Crippen LogP contribution in [-0.4, -0.2) is 25.2 Å². The van der Waals surface area contributed by atoms with Crippen LogP contribution in [-0.2, 0) is 0 Å². The van der Waals surface area contributed by atoms with Crippen molar-refractivity contribution in [3.63, 3.8) is 0 Å². The fourth-order valence-electron chi connectivity index (χ4n) is 2.45. The van der Waals surface area contributed by atoms with Crippen molar-refractivity contribution in [2.75, 3.05) is 7.11 Å². The van der Waals surface area contributed by atoms with Gasteiger partial charge in [-0.05, 0) is 73.2 Å². The van der Waals surface area contributed by atoms with Crippen LogP contribution in [0.1, 0.15) is 31.8 Å². The number of ether oxygens (including phenoxy) is 2. The lowest BCUT2D eigenvalue weighted by Gasteiger charge is -2.05. The molecular formula is C23H20N2O4. The van der Waals surface area contributed by atoms with Gasteiger partial charge in [-0.15, -0.1) is 0 Å². The number of benzene rings is 3. The number of rotatable bonds is 6. The van der Waals surface area contributed by atoms with Gasteiger partial charge in [0.15, 0.2) is 0 Å². The largest absolute Gasteiger partial charge is 0.497 e. The Hall–Kier alpha value is -3.93. The van der Waals surface area contributed by atoms with E-state index in [0.29, 0.717) is 22.6 Å². The van der Waals surface area contributed by atoms with E-state index in [9.17, 15) is 9.59 Å². The Bertz CT molecular complexity index is 1010. The molecule has 1 amide bonds. The number of hydrogen-bond acceptors (Lipinski definition) is 5. The first-order chi connectivity index (χ1) is 14.0. The zero-order valence-corrected chi connectivity index (χ0v) is 16.1. The lowest BCUT2D eigenvalue weighted by molar-refractivity contribution is 0.0734. The Morgan fingerprint density at radius 2 is 1.41 bits per heavy atom. The van der Waals surface area contributed by atoms with Gasteiger partial charge in [-0.25, -0.2) is 10.2 Å². The normalized spacial score (nSPS) is 10.6. The number of hydrogen-bond donors (Lipinski definition) is 1. The average molecular weight is 388 g/mol. The van der Waals surface area contributed by atoms with E-state index in [1.54, 1.807) is 67.8 Å². The van der Waals surface area contributed by atoms with E-state index in [0.717, 1.165) is 11.1 Å². The van der Waals surface area contributed by atoms with Gasteiger partial charge in [0.2, 0.25) is 0 Å². The minimum atomic E-state index is -0.418. The smallest absolute Gasteiger partial charge is 0.343 e. The van der Waals surface area contributed by atoms with E-state index >= 15 is 0 Å². The van der Waals surface area contributed by atoms with Crippen LogP contribution in [0, 0.1) is 6.92 Å². The first-order valence-corrected chi connectivity index (χ1v) is 8.91. The van der Waals surface area contributed by atoms with Crippen molar-refractivity contribution in [3.05, 3.63) is 95.1 Å². The standard InChI is InChI=1S/C23H20N2O4/c1-16-3-7-19(8-4-16)23(27)29-21-11-5-17(6-12-21)15-24-25-22(26)18-9-13-20(28-2)14-10-18/h3-15H,1-2H3,(H,25,26)/b24-15-. The van der Waals surface area contributed by atoms with E-state index < -0.39 is 5.97 Å². The maximum Gasteiger partial charge on any atom is 0.343 e. The summed E-state index contributed by atoms with van der Waals surface area (Å²) in [6.07, 6.45) is 1.51. The molecule has 3 rings (SSSR count). The molecule has 0 aliphatic heterocycles. The van der Waals surface area contributed by atoms with Crippen molar-refractivity contribution < 1.29 is 19.1 Å². The highest BCUT2D eigenvalue weighted by Gasteiger charge is 2.08. The molecule has 3 aromatic carbocycles. The molecule has 0 spiro atoms. The molecule has 0 bridgehead atoms. The summed E-state index contributed by atoms with van der Waals surface area (Å²) >= 11 is 0. The van der Waals surface area contributed by atoms with E-state index in [-0.39, 0.29) is 5.91 Å². The zero-order valence-electron chi connectivity index (χ0n) is 16.1. The van der Waals surface area contributed by atoms with Crippen molar-refractivity contribution in [2.24, 2.45) is 5.10 Å². The fourth-order valence-corrected chi connectivity index (χ4v) is 2.45. The third-order valence-electron chi connectivity index (χ3n) is 4.11. The molecular weight excluding hydrogens is 368 g/mol. The molecule has 6 heteroatoms. The Labute approximate surface area is 168 Å². The average Bonchev–Trinajstić information content (AvgIpc) is 2.75. The Balaban J connectivity index is 1.54. The summed E-state index contributed by atoms with van der Waals surface area (Å²) in [5.41, 5.74) is 5.24. The molecule has 6 nitrogen and oxygen atoms in total. The van der Waals surface area contributed by atoms with Gasteiger partial charge in [0, 0.05) is 5.56 Å². The summed E-state index contributed by atoms with van der Waals surface area (Å²) < 4.78 is 10.4. The monoisotopic (exact) mass is 388 g/mol. The molecule has 0 fully saturated rings. The number of hydrazone groups is 1. The van der Waals surface area contributed by atoms with Crippen LogP contribution in [0.2, 0.25) is 0 Å². The number of aryl methyl sites for hydroxylation is 1. The zero-order chi connectivity index (χ0) is 20.6. The maximum absolute atomic E-state index is 12.1. The number of amides is 1. The molecule has 0 saturated heterocycles. The summed E-state index contributed by atoms with van der Waals surface area (Å²) in [4.78, 5) is 24.2. The number of carbonyl (C=O) groups excluding carboxylic acids is 2. The van der Waals surface area contributed by atoms with E-state index in [1.165, 1.54) is 6.21 Å². The topological polar surface area (TPSA) is 77.0 Å². The Morgan fingerprint density at radius 1 is 0.828 bits per heavy atom. The van der Waals surface area contributed by atoms with Crippen molar-refractivity contribution in [1.29, 1.82) is 0 Å². The summed E-state index contributed by atoms with van der Waals surface area (Å²) in [7, 11) is 1.56. The molecule has 29 heavy (non-hydrogen) atoms. The third kappa shape index (κ3) is 5.52. The molecule has 1 N–H and O–H groups in total. The van der Waals surface area contributed by atoms with Gasteiger partial charge >= 0.3 is 5.97 Å². The molecule has 0 aromatic heterocycles. The molecule has 0 radical (unpaired) electrons. The first-order valence-electron chi connectivity index (χ1n) is 8.91. The summed E-state index contributed by atoms with van der Waals surface area (Å²) in [5, 5.41) is 3.94. The third-order valence-corrected chi connectivity index (χ3v) is 4.11. The summed E-state index contributed by atoms with van der Waals surface area (Å²) in [6.45, 7) is 1.95. The van der Waals surface area contributed by atoms with Crippen LogP contribution < -0.4 is 14.9 Å². The van der Waals surface area contributed by atoms with Gasteiger partial charge in [0.1, 0.15) is 11.5 Å². The lowest BCUT2D eigenvalue weighted by atomic mass is 10.1. The minimum Gasteiger partial charge on any atom is -0.497 e. The van der Waals surface area contributed by atoms with Gasteiger partial charge < -0.3 is 9.47 Å². The maximum atomic E-state index is 12.1. The highest BCUT2D eigenvalue weighted by atomic mass is 16.5. The Morgan fingerprint density at radius 3 is 2.03 bits per heavy atom. The van der Waals surface area contributed by atoms with E-state index in [4.69, 9.17) is 9.47 Å². The summed E-state index contributed by atoms with van der Waals surface area (Å²) in [5.74, 6) is 0.355. The molecule has 0 aliphatic carbocycles. The van der Waals surface area contributed by atoms with Gasteiger partial charge in [0.05, 0.1) is 18.9 Å². The highest BCUT2D eigenvalue weighted by Crippen LogP contribution is 2.14. The van der Waals surface area contributed by atoms with Crippen LogP contribution in [0.3, 0.4) is 0 Å². The SMILES string of the molecule is COc1ccc(C(=O)N/N=C\c2ccc(OC(=O)c3ccc(C)cc3)cc2)cc1. The summed E-state index contributed by atoms with van der Waals surface area (Å²) in [6, 6.07) is 20.7. The van der Waals surface area contributed by atoms with Crippen LogP contribution in [0.25, 0.3) is 0 Å². The quantitative estimate of drug-likeness (QED) is 0.300. The van der Waals surface area contributed by atoms with Crippen LogP contribution in [0.5, 0.6) is 11.5 Å². The predicted octanol–water partition coefficient (Wildman–Crippen LogP) is 3.99. The fraction of sp³-hybridized carbons (Fsp3) is 0.0870. The molecule has 3 aromatic rings. The van der Waals surface area contributed by atoms with Crippen molar-refractivity contribution >= 4 is 18.1 Å². The number of carbonyl (C=O) groups is 2. The number of nitrogens with zero attached hydrogens (tertiary/aromatic N) is 1. The van der Waals surface area contributed by atoms with Crippen LogP contribution >= 0.6 is 0 Å². The van der Waals surface area contributed by atoms with Gasteiger partial charge in [-0.3, -0.25) is 4.79 Å². The van der Waals surface area contributed by atoms with Gasteiger partial charge in [-0.1, -0.05) is 17.7 Å². The second-order valence-corrected chi connectivity index (χ2v) is 6.25. The number of methoxy groups -OCH3 is 1. The molecule has 0 atom stereocenters. The van der Waals surface area contributed by atoms with Crippen molar-refractivity contribution in [2.45, 2.75) is 6.92 Å². The molecule has 146 valence electrons. The lowest BCUT2D eigenvalue weighted by Crippen LogP contribution is -2.17. The van der Waals surface area contributed by atoms with Crippen LogP contribution in [0.4, 0.5) is 0 Å². The van der Waals surface area contributed by atoms with E-state index in [1.807, 2.05) is 19.1 Å². The first kappa shape index (κ1) is 19.8. The highest BCUT2D eigenvalue weighted by molar-refractivity contribution is 5.95. The Kier molecular flexibility index (Phi) is 6.37. The van der Waals surface area contributed by atoms with Crippen LogP contribution in [0.15, 0.2) is 77.9 Å². The molecule has 0 unspecified atom stereocenters. The van der Waals surface area contributed by atoms with Crippen molar-refractivity contribution in [3.8, 4) is 11.5 Å². The molecule has 0 heterocycles. The minimum absolute atomic E-state index is 0.326. The molecule has 0 saturated carbocycles. The second-order valence-electron chi connectivity index (χ2n) is 6.25. The van der Waals surface area contributed by atoms with Gasteiger partial charge in [0.25, 0.3) is 5.91 Å².